The van der Waals surface area contributed by atoms with E-state index in [-0.39, 0.29) is 13.2 Å². The third kappa shape index (κ3) is 4.38. The first-order valence-electron chi connectivity index (χ1n) is 8.24. The molecule has 0 unspecified atom stereocenters. The van der Waals surface area contributed by atoms with Crippen molar-refractivity contribution < 1.29 is 19.4 Å². The van der Waals surface area contributed by atoms with Crippen molar-refractivity contribution >= 4 is 23.1 Å². The van der Waals surface area contributed by atoms with E-state index in [9.17, 15) is 9.59 Å². The summed E-state index contributed by atoms with van der Waals surface area (Å²) in [5.74, 6) is -0.332. The van der Waals surface area contributed by atoms with Gasteiger partial charge in [-0.15, -0.1) is 0 Å². The van der Waals surface area contributed by atoms with Crippen molar-refractivity contribution in [2.75, 3.05) is 6.54 Å². The fourth-order valence-corrected chi connectivity index (χ4v) is 2.68. The number of para-hydroxylation sites is 2. The van der Waals surface area contributed by atoms with Gasteiger partial charge in [-0.1, -0.05) is 42.5 Å². The number of carbonyl (C=O) groups excluding carboxylic acids is 1. The zero-order valence-electron chi connectivity index (χ0n) is 14.1. The van der Waals surface area contributed by atoms with Gasteiger partial charge in [-0.05, 0) is 17.7 Å². The van der Waals surface area contributed by atoms with Gasteiger partial charge in [0.1, 0.15) is 19.0 Å². The van der Waals surface area contributed by atoms with Crippen LogP contribution in [0.15, 0.2) is 54.6 Å². The van der Waals surface area contributed by atoms with Gasteiger partial charge in [-0.25, -0.2) is 9.78 Å². The maximum Gasteiger partial charge on any atom is 0.407 e. The van der Waals surface area contributed by atoms with Crippen LogP contribution in [0.3, 0.4) is 0 Å². The summed E-state index contributed by atoms with van der Waals surface area (Å²) in [6, 6.07) is 16.8. The first-order chi connectivity index (χ1) is 12.6. The van der Waals surface area contributed by atoms with Crippen molar-refractivity contribution in [3.05, 3.63) is 66.0 Å². The van der Waals surface area contributed by atoms with E-state index in [0.717, 1.165) is 16.6 Å². The van der Waals surface area contributed by atoms with Crippen LogP contribution in [0.2, 0.25) is 0 Å². The number of carboxylic acids is 1. The van der Waals surface area contributed by atoms with Gasteiger partial charge < -0.3 is 19.7 Å². The first-order valence-corrected chi connectivity index (χ1v) is 8.24. The van der Waals surface area contributed by atoms with E-state index in [1.54, 1.807) is 4.57 Å². The van der Waals surface area contributed by atoms with Crippen molar-refractivity contribution in [3.8, 4) is 0 Å². The summed E-state index contributed by atoms with van der Waals surface area (Å²) in [6.45, 7) is 0.328. The zero-order chi connectivity index (χ0) is 18.4. The van der Waals surface area contributed by atoms with Gasteiger partial charge in [0.15, 0.2) is 0 Å². The van der Waals surface area contributed by atoms with Gasteiger partial charge in [-0.3, -0.25) is 4.79 Å². The monoisotopic (exact) mass is 353 g/mol. The molecule has 134 valence electrons. The molecule has 3 rings (SSSR count). The van der Waals surface area contributed by atoms with Gasteiger partial charge in [0.05, 0.1) is 11.0 Å². The Morgan fingerprint density at radius 3 is 2.58 bits per heavy atom. The Morgan fingerprint density at radius 1 is 1.08 bits per heavy atom. The van der Waals surface area contributed by atoms with Crippen LogP contribution in [0, 0.1) is 0 Å². The van der Waals surface area contributed by atoms with Crippen molar-refractivity contribution in [3.63, 3.8) is 0 Å². The van der Waals surface area contributed by atoms with Crippen LogP contribution < -0.4 is 5.32 Å². The fourth-order valence-electron chi connectivity index (χ4n) is 2.68. The number of alkyl carbamates (subject to hydrolysis) is 1. The van der Waals surface area contributed by atoms with Gasteiger partial charge >= 0.3 is 12.1 Å². The molecule has 0 bridgehead atoms. The Balaban J connectivity index is 1.57. The van der Waals surface area contributed by atoms with E-state index in [1.165, 1.54) is 0 Å². The maximum absolute atomic E-state index is 11.8. The lowest BCUT2D eigenvalue weighted by Gasteiger charge is -2.08. The normalized spacial score (nSPS) is 10.6. The lowest BCUT2D eigenvalue weighted by Crippen LogP contribution is -2.27. The molecule has 0 saturated carbocycles. The minimum Gasteiger partial charge on any atom is -0.480 e. The van der Waals surface area contributed by atoms with Gasteiger partial charge in [0.25, 0.3) is 0 Å². The standard InChI is InChI=1S/C19H19N3O4/c23-18(24)12-22-16-9-5-4-8-15(16)21-17(22)10-11-20-19(25)26-13-14-6-2-1-3-7-14/h1-9H,10-13H2,(H,20,25)(H,23,24). The van der Waals surface area contributed by atoms with Gasteiger partial charge in [0, 0.05) is 13.0 Å². The smallest absolute Gasteiger partial charge is 0.407 e. The molecule has 1 amide bonds. The molecule has 1 heterocycles. The summed E-state index contributed by atoms with van der Waals surface area (Å²) in [7, 11) is 0. The summed E-state index contributed by atoms with van der Waals surface area (Å²) in [5, 5.41) is 11.8. The Kier molecular flexibility index (Phi) is 5.48. The van der Waals surface area contributed by atoms with Crippen LogP contribution in [0.4, 0.5) is 4.79 Å². The molecular weight excluding hydrogens is 334 g/mol. The Labute approximate surface area is 150 Å². The molecule has 2 N–H and O–H groups in total. The number of hydrogen-bond donors (Lipinski definition) is 2. The van der Waals surface area contributed by atoms with E-state index in [2.05, 4.69) is 10.3 Å². The SMILES string of the molecule is O=C(O)Cn1c(CCNC(=O)OCc2ccccc2)nc2ccccc21. The average Bonchev–Trinajstić information content (AvgIpc) is 2.98. The van der Waals surface area contributed by atoms with Crippen molar-refractivity contribution in [1.82, 2.24) is 14.9 Å². The van der Waals surface area contributed by atoms with E-state index >= 15 is 0 Å². The number of carboxylic acid groups (broad SMARTS) is 1. The minimum absolute atomic E-state index is 0.172. The highest BCUT2D eigenvalue weighted by molar-refractivity contribution is 5.78. The second-order valence-corrected chi connectivity index (χ2v) is 5.74. The molecule has 7 nitrogen and oxygen atoms in total. The number of benzene rings is 2. The summed E-state index contributed by atoms with van der Waals surface area (Å²) in [6.07, 6.45) is -0.114. The molecule has 7 heteroatoms. The van der Waals surface area contributed by atoms with E-state index in [1.807, 2.05) is 54.6 Å². The topological polar surface area (TPSA) is 93.5 Å². The van der Waals surface area contributed by atoms with Crippen molar-refractivity contribution in [2.24, 2.45) is 0 Å². The van der Waals surface area contributed by atoms with Crippen LogP contribution in [0.5, 0.6) is 0 Å². The molecule has 1 aromatic heterocycles. The molecule has 0 radical (unpaired) electrons. The quantitative estimate of drug-likeness (QED) is 0.681. The highest BCUT2D eigenvalue weighted by Crippen LogP contribution is 2.16. The highest BCUT2D eigenvalue weighted by atomic mass is 16.5. The van der Waals surface area contributed by atoms with Crippen LogP contribution in [-0.2, 0) is 29.1 Å². The lowest BCUT2D eigenvalue weighted by molar-refractivity contribution is -0.137. The fraction of sp³-hybridized carbons (Fsp3) is 0.211. The number of ether oxygens (including phenoxy) is 1. The molecule has 0 atom stereocenters. The van der Waals surface area contributed by atoms with E-state index in [4.69, 9.17) is 9.84 Å². The number of fused-ring (bicyclic) bond motifs is 1. The molecule has 0 spiro atoms. The molecule has 26 heavy (non-hydrogen) atoms. The van der Waals surface area contributed by atoms with Crippen LogP contribution in [0.1, 0.15) is 11.4 Å². The molecule has 0 aliphatic heterocycles. The number of aromatic nitrogens is 2. The second-order valence-electron chi connectivity index (χ2n) is 5.74. The molecule has 0 fully saturated rings. The number of amides is 1. The predicted octanol–water partition coefficient (Wildman–Crippen LogP) is 2.59. The largest absolute Gasteiger partial charge is 0.480 e. The predicted molar refractivity (Wildman–Crippen MR) is 95.7 cm³/mol. The number of nitrogens with zero attached hydrogens (tertiary/aromatic N) is 2. The lowest BCUT2D eigenvalue weighted by atomic mass is 10.2. The molecule has 2 aromatic carbocycles. The zero-order valence-corrected chi connectivity index (χ0v) is 14.1. The molecule has 0 saturated heterocycles. The molecule has 3 aromatic rings. The number of imidazole rings is 1. The van der Waals surface area contributed by atoms with Gasteiger partial charge in [0.2, 0.25) is 0 Å². The molecule has 0 aliphatic carbocycles. The Morgan fingerprint density at radius 2 is 1.81 bits per heavy atom. The minimum atomic E-state index is -0.940. The van der Waals surface area contributed by atoms with E-state index < -0.39 is 12.1 Å². The second kappa shape index (κ2) is 8.15. The van der Waals surface area contributed by atoms with E-state index in [0.29, 0.717) is 18.8 Å². The van der Waals surface area contributed by atoms with Crippen LogP contribution >= 0.6 is 0 Å². The number of rotatable bonds is 7. The van der Waals surface area contributed by atoms with Crippen LogP contribution in [-0.4, -0.2) is 33.3 Å². The third-order valence-electron chi connectivity index (χ3n) is 3.86. The maximum atomic E-state index is 11.8. The average molecular weight is 353 g/mol. The summed E-state index contributed by atoms with van der Waals surface area (Å²) in [5.41, 5.74) is 2.40. The summed E-state index contributed by atoms with van der Waals surface area (Å²) in [4.78, 5) is 27.4. The summed E-state index contributed by atoms with van der Waals surface area (Å²) >= 11 is 0. The number of nitrogens with one attached hydrogen (secondary N) is 1. The Bertz CT molecular complexity index is 906. The van der Waals surface area contributed by atoms with Crippen LogP contribution in [0.25, 0.3) is 11.0 Å². The third-order valence-corrected chi connectivity index (χ3v) is 3.86. The highest BCUT2D eigenvalue weighted by Gasteiger charge is 2.13. The number of hydrogen-bond acceptors (Lipinski definition) is 4. The van der Waals surface area contributed by atoms with Gasteiger partial charge in [-0.2, -0.15) is 0 Å². The Hall–Kier alpha value is -3.35. The molecular formula is C19H19N3O4. The number of aliphatic carboxylic acids is 1. The molecule has 0 aliphatic rings. The summed E-state index contributed by atoms with van der Waals surface area (Å²) < 4.78 is 6.80. The van der Waals surface area contributed by atoms with Crippen molar-refractivity contribution in [2.45, 2.75) is 19.6 Å². The first kappa shape index (κ1) is 17.5. The number of carbonyl (C=O) groups is 2. The van der Waals surface area contributed by atoms with Crippen molar-refractivity contribution in [1.29, 1.82) is 0 Å².